The fraction of sp³-hybridized carbons (Fsp3) is 0.167. The molecule has 0 atom stereocenters. The molecule has 0 unspecified atom stereocenters. The highest BCUT2D eigenvalue weighted by Crippen LogP contribution is 2.30. The Labute approximate surface area is 144 Å². The summed E-state index contributed by atoms with van der Waals surface area (Å²) in [7, 11) is 0. The lowest BCUT2D eigenvalue weighted by Gasteiger charge is -2.05. The Hall–Kier alpha value is -2.66. The van der Waals surface area contributed by atoms with Gasteiger partial charge >= 0.3 is 0 Å². The maximum absolute atomic E-state index is 12.0. The third kappa shape index (κ3) is 4.20. The number of hydrogen-bond donors (Lipinski definition) is 2. The zero-order valence-electron chi connectivity index (χ0n) is 12.8. The second-order valence-corrected chi connectivity index (χ2v) is 5.97. The van der Waals surface area contributed by atoms with E-state index >= 15 is 0 Å². The van der Waals surface area contributed by atoms with Crippen LogP contribution >= 0.6 is 11.6 Å². The minimum atomic E-state index is -0.335. The Bertz CT molecular complexity index is 783. The van der Waals surface area contributed by atoms with Gasteiger partial charge in [-0.3, -0.25) is 9.59 Å². The zero-order valence-corrected chi connectivity index (χ0v) is 13.6. The molecule has 1 fully saturated rings. The van der Waals surface area contributed by atoms with Gasteiger partial charge in [-0.15, -0.1) is 0 Å². The van der Waals surface area contributed by atoms with Crippen LogP contribution < -0.4 is 10.7 Å². The number of hydrazone groups is 1. The fourth-order valence-corrected chi connectivity index (χ4v) is 2.28. The lowest BCUT2D eigenvalue weighted by Crippen LogP contribution is -2.18. The highest BCUT2D eigenvalue weighted by atomic mass is 35.5. The van der Waals surface area contributed by atoms with Gasteiger partial charge in [0, 0.05) is 27.8 Å². The van der Waals surface area contributed by atoms with Gasteiger partial charge in [-0.05, 0) is 43.2 Å². The molecule has 0 aromatic heterocycles. The summed E-state index contributed by atoms with van der Waals surface area (Å²) < 4.78 is 0. The summed E-state index contributed by atoms with van der Waals surface area (Å²) in [5, 5.41) is 7.29. The molecule has 0 saturated heterocycles. The molecule has 2 amide bonds. The van der Waals surface area contributed by atoms with Crippen molar-refractivity contribution in [3.63, 3.8) is 0 Å². The van der Waals surface area contributed by atoms with Crippen LogP contribution in [0.4, 0.5) is 5.69 Å². The molecule has 1 aliphatic carbocycles. The molecule has 2 aromatic carbocycles. The summed E-state index contributed by atoms with van der Waals surface area (Å²) in [5.41, 5.74) is 4.31. The highest BCUT2D eigenvalue weighted by Gasteiger charge is 2.29. The number of carbonyl (C=O) groups excluding carboxylic acids is 2. The first-order valence-electron chi connectivity index (χ1n) is 7.62. The van der Waals surface area contributed by atoms with Gasteiger partial charge in [-0.25, -0.2) is 5.43 Å². The third-order valence-corrected chi connectivity index (χ3v) is 3.98. The van der Waals surface area contributed by atoms with Crippen LogP contribution in [0.5, 0.6) is 0 Å². The van der Waals surface area contributed by atoms with Gasteiger partial charge < -0.3 is 5.32 Å². The molecule has 6 heteroatoms. The largest absolute Gasteiger partial charge is 0.326 e. The van der Waals surface area contributed by atoms with Crippen LogP contribution in [0.25, 0.3) is 0 Å². The number of carbonyl (C=O) groups is 2. The van der Waals surface area contributed by atoms with E-state index in [-0.39, 0.29) is 17.7 Å². The summed E-state index contributed by atoms with van der Waals surface area (Å²) in [6.07, 6.45) is 3.40. The minimum Gasteiger partial charge on any atom is -0.326 e. The van der Waals surface area contributed by atoms with Crippen molar-refractivity contribution in [1.29, 1.82) is 0 Å². The van der Waals surface area contributed by atoms with Gasteiger partial charge in [0.2, 0.25) is 5.91 Å². The first-order chi connectivity index (χ1) is 11.6. The number of nitrogens with one attached hydrogen (secondary N) is 2. The van der Waals surface area contributed by atoms with Crippen LogP contribution in [0.1, 0.15) is 28.8 Å². The molecule has 0 aliphatic heterocycles. The normalized spacial score (nSPS) is 13.7. The van der Waals surface area contributed by atoms with Crippen molar-refractivity contribution in [2.45, 2.75) is 12.8 Å². The molecule has 0 spiro atoms. The number of halogens is 1. The van der Waals surface area contributed by atoms with Gasteiger partial charge in [-0.1, -0.05) is 29.8 Å². The van der Waals surface area contributed by atoms with E-state index in [2.05, 4.69) is 15.8 Å². The van der Waals surface area contributed by atoms with Gasteiger partial charge in [-0.2, -0.15) is 5.10 Å². The second kappa shape index (κ2) is 7.27. The van der Waals surface area contributed by atoms with Crippen LogP contribution in [-0.4, -0.2) is 18.0 Å². The zero-order chi connectivity index (χ0) is 16.9. The predicted octanol–water partition coefficient (Wildman–Crippen LogP) is 3.45. The molecular formula is C18H16ClN3O2. The second-order valence-electron chi connectivity index (χ2n) is 5.56. The van der Waals surface area contributed by atoms with Crippen LogP contribution in [-0.2, 0) is 4.79 Å². The van der Waals surface area contributed by atoms with Crippen molar-refractivity contribution < 1.29 is 9.59 Å². The van der Waals surface area contributed by atoms with Crippen molar-refractivity contribution in [2.24, 2.45) is 11.0 Å². The lowest BCUT2D eigenvalue weighted by molar-refractivity contribution is -0.117. The van der Waals surface area contributed by atoms with E-state index in [1.807, 2.05) is 12.1 Å². The Balaban J connectivity index is 1.56. The van der Waals surface area contributed by atoms with E-state index in [0.29, 0.717) is 16.3 Å². The summed E-state index contributed by atoms with van der Waals surface area (Å²) in [6, 6.07) is 13.9. The van der Waals surface area contributed by atoms with E-state index in [4.69, 9.17) is 11.6 Å². The van der Waals surface area contributed by atoms with Gasteiger partial charge in [0.1, 0.15) is 0 Å². The van der Waals surface area contributed by atoms with E-state index in [0.717, 1.165) is 18.4 Å². The van der Waals surface area contributed by atoms with Crippen molar-refractivity contribution in [1.82, 2.24) is 5.43 Å². The van der Waals surface area contributed by atoms with Gasteiger partial charge in [0.25, 0.3) is 5.91 Å². The van der Waals surface area contributed by atoms with Gasteiger partial charge in [0.15, 0.2) is 0 Å². The summed E-state index contributed by atoms with van der Waals surface area (Å²) in [5.74, 6) is -0.151. The number of benzene rings is 2. The number of anilines is 1. The lowest BCUT2D eigenvalue weighted by atomic mass is 10.2. The molecule has 1 saturated carbocycles. The smallest absolute Gasteiger partial charge is 0.271 e. The molecule has 0 heterocycles. The van der Waals surface area contributed by atoms with Crippen molar-refractivity contribution in [3.8, 4) is 0 Å². The number of amides is 2. The molecule has 0 radical (unpaired) electrons. The third-order valence-electron chi connectivity index (χ3n) is 3.64. The molecule has 1 aliphatic rings. The molecule has 2 aromatic rings. The quantitative estimate of drug-likeness (QED) is 0.646. The first kappa shape index (κ1) is 16.2. The average molecular weight is 342 g/mol. The SMILES string of the molecule is O=C(N/N=C/c1ccccc1Cl)c1ccc(NC(=O)C2CC2)cc1. The minimum absolute atomic E-state index is 0.0385. The van der Waals surface area contributed by atoms with Crippen molar-refractivity contribution in [3.05, 3.63) is 64.7 Å². The topological polar surface area (TPSA) is 70.6 Å². The Morgan fingerprint density at radius 2 is 1.79 bits per heavy atom. The molecule has 2 N–H and O–H groups in total. The number of nitrogens with zero attached hydrogens (tertiary/aromatic N) is 1. The molecule has 122 valence electrons. The monoisotopic (exact) mass is 341 g/mol. The Morgan fingerprint density at radius 1 is 1.08 bits per heavy atom. The maximum atomic E-state index is 12.0. The maximum Gasteiger partial charge on any atom is 0.271 e. The van der Waals surface area contributed by atoms with Crippen molar-refractivity contribution in [2.75, 3.05) is 5.32 Å². The Morgan fingerprint density at radius 3 is 2.46 bits per heavy atom. The molecular weight excluding hydrogens is 326 g/mol. The molecule has 5 nitrogen and oxygen atoms in total. The van der Waals surface area contributed by atoms with Crippen LogP contribution in [0.2, 0.25) is 5.02 Å². The molecule has 24 heavy (non-hydrogen) atoms. The van der Waals surface area contributed by atoms with E-state index in [1.54, 1.807) is 36.4 Å². The first-order valence-corrected chi connectivity index (χ1v) is 8.00. The summed E-state index contributed by atoms with van der Waals surface area (Å²) >= 11 is 6.00. The molecule has 0 bridgehead atoms. The summed E-state index contributed by atoms with van der Waals surface area (Å²) in [4.78, 5) is 23.7. The Kier molecular flexibility index (Phi) is 4.91. The molecule has 3 rings (SSSR count). The average Bonchev–Trinajstić information content (AvgIpc) is 3.42. The van der Waals surface area contributed by atoms with Crippen LogP contribution in [0.3, 0.4) is 0 Å². The van der Waals surface area contributed by atoms with Gasteiger partial charge in [0.05, 0.1) is 6.21 Å². The number of hydrogen-bond acceptors (Lipinski definition) is 3. The summed E-state index contributed by atoms with van der Waals surface area (Å²) in [6.45, 7) is 0. The van der Waals surface area contributed by atoms with Crippen LogP contribution in [0.15, 0.2) is 53.6 Å². The number of rotatable bonds is 5. The van der Waals surface area contributed by atoms with Crippen LogP contribution in [0, 0.1) is 5.92 Å². The van der Waals surface area contributed by atoms with E-state index in [1.165, 1.54) is 6.21 Å². The predicted molar refractivity (Wildman–Crippen MR) is 94.3 cm³/mol. The highest BCUT2D eigenvalue weighted by molar-refractivity contribution is 6.33. The van der Waals surface area contributed by atoms with E-state index in [9.17, 15) is 9.59 Å². The fourth-order valence-electron chi connectivity index (χ4n) is 2.10. The van der Waals surface area contributed by atoms with Crippen molar-refractivity contribution >= 4 is 35.3 Å². The van der Waals surface area contributed by atoms with E-state index < -0.39 is 0 Å². The standard InChI is InChI=1S/C18H16ClN3O2/c19-16-4-2-1-3-14(16)11-20-22-18(24)13-7-9-15(10-8-13)21-17(23)12-5-6-12/h1-4,7-12H,5-6H2,(H,21,23)(H,22,24)/b20-11+.